The van der Waals surface area contributed by atoms with Gasteiger partial charge in [-0.25, -0.2) is 4.99 Å². The van der Waals surface area contributed by atoms with Crippen molar-refractivity contribution in [2.24, 2.45) is 4.99 Å². The molecule has 1 aliphatic heterocycles. The maximum absolute atomic E-state index is 12.0. The summed E-state index contributed by atoms with van der Waals surface area (Å²) in [5, 5.41) is 11.7. The van der Waals surface area contributed by atoms with Gasteiger partial charge in [-0.1, -0.05) is 11.8 Å². The lowest BCUT2D eigenvalue weighted by molar-refractivity contribution is -0.119. The number of carbonyl (C=O) groups is 1. The number of amides is 1. The Morgan fingerprint density at radius 1 is 1.48 bits per heavy atom. The highest BCUT2D eigenvalue weighted by molar-refractivity contribution is 8.13. The molecule has 0 bridgehead atoms. The molecule has 1 N–H and O–H groups in total. The topological polar surface area (TPSA) is 68.5 Å². The molecule has 0 atom stereocenters. The van der Waals surface area contributed by atoms with Gasteiger partial charge >= 0.3 is 0 Å². The first-order chi connectivity index (χ1) is 10.2. The molecule has 0 radical (unpaired) electrons. The zero-order valence-electron chi connectivity index (χ0n) is 12.2. The summed E-state index contributed by atoms with van der Waals surface area (Å²) in [6.07, 6.45) is 6.38. The molecule has 110 valence electrons. The summed E-state index contributed by atoms with van der Waals surface area (Å²) >= 11 is 1.38. The van der Waals surface area contributed by atoms with Crippen LogP contribution in [0.5, 0.6) is 0 Å². The summed E-state index contributed by atoms with van der Waals surface area (Å²) < 4.78 is 0. The third-order valence-electron chi connectivity index (χ3n) is 3.38. The lowest BCUT2D eigenvalue weighted by Gasteiger charge is -2.28. The minimum absolute atomic E-state index is 0.191. The van der Waals surface area contributed by atoms with Gasteiger partial charge in [-0.2, -0.15) is 5.26 Å². The van der Waals surface area contributed by atoms with Crippen molar-refractivity contribution in [1.82, 2.24) is 5.32 Å². The van der Waals surface area contributed by atoms with Crippen LogP contribution in [0.1, 0.15) is 24.8 Å². The number of aryl methyl sites for hydroxylation is 1. The van der Waals surface area contributed by atoms with Crippen LogP contribution in [0.2, 0.25) is 0 Å². The van der Waals surface area contributed by atoms with E-state index in [0.29, 0.717) is 11.6 Å². The van der Waals surface area contributed by atoms with Gasteiger partial charge in [0.1, 0.15) is 0 Å². The summed E-state index contributed by atoms with van der Waals surface area (Å²) in [4.78, 5) is 18.2. The average molecular weight is 302 g/mol. The van der Waals surface area contributed by atoms with E-state index in [9.17, 15) is 4.79 Å². The number of hydrogen-bond donors (Lipinski definition) is 1. The number of nitriles is 1. The van der Waals surface area contributed by atoms with Crippen molar-refractivity contribution in [1.29, 1.82) is 5.26 Å². The predicted octanol–water partition coefficient (Wildman–Crippen LogP) is 2.93. The van der Waals surface area contributed by atoms with Crippen molar-refractivity contribution < 1.29 is 4.79 Å². The number of benzene rings is 1. The molecule has 6 heteroatoms. The first kappa shape index (κ1) is 15.4. The Bertz CT molecular complexity index is 606. The highest BCUT2D eigenvalue weighted by atomic mass is 32.2. The maximum atomic E-state index is 12.0. The van der Waals surface area contributed by atoms with Gasteiger partial charge in [-0.15, -0.1) is 0 Å². The third-order valence-corrected chi connectivity index (χ3v) is 3.96. The van der Waals surface area contributed by atoms with E-state index in [2.05, 4.69) is 10.3 Å². The molecule has 1 amide bonds. The molecule has 0 saturated carbocycles. The third kappa shape index (κ3) is 3.76. The standard InChI is InChI=1S/C15H18N4OS/c1-11-9-12(18-15(21-2)17-10-16)6-7-13(11)19-8-4-3-5-14(19)20/h6-7,9H,3-5,8H2,1-2H3,(H,17,18). The molecule has 1 fully saturated rings. The van der Waals surface area contributed by atoms with Crippen LogP contribution >= 0.6 is 11.8 Å². The molecule has 1 saturated heterocycles. The van der Waals surface area contributed by atoms with Crippen molar-refractivity contribution in [2.45, 2.75) is 26.2 Å². The molecule has 1 aliphatic rings. The van der Waals surface area contributed by atoms with Crippen LogP contribution in [0.15, 0.2) is 23.2 Å². The highest BCUT2D eigenvalue weighted by Crippen LogP contribution is 2.28. The van der Waals surface area contributed by atoms with E-state index in [4.69, 9.17) is 5.26 Å². The molecule has 0 spiro atoms. The Labute approximate surface area is 129 Å². The predicted molar refractivity (Wildman–Crippen MR) is 86.7 cm³/mol. The van der Waals surface area contributed by atoms with E-state index >= 15 is 0 Å². The molecular formula is C15H18N4OS. The fourth-order valence-electron chi connectivity index (χ4n) is 2.36. The minimum atomic E-state index is 0.191. The van der Waals surface area contributed by atoms with Crippen molar-refractivity contribution in [3.8, 4) is 6.19 Å². The molecule has 0 unspecified atom stereocenters. The highest BCUT2D eigenvalue weighted by Gasteiger charge is 2.20. The molecule has 1 heterocycles. The van der Waals surface area contributed by atoms with Crippen LogP contribution in [0.3, 0.4) is 0 Å². The van der Waals surface area contributed by atoms with Crippen molar-refractivity contribution >= 4 is 34.2 Å². The van der Waals surface area contributed by atoms with Crippen LogP contribution in [0.4, 0.5) is 11.4 Å². The summed E-state index contributed by atoms with van der Waals surface area (Å²) in [6.45, 7) is 2.76. The number of carbonyl (C=O) groups excluding carboxylic acids is 1. The number of piperidine rings is 1. The number of amidine groups is 1. The zero-order chi connectivity index (χ0) is 15.2. The molecule has 2 rings (SSSR count). The average Bonchev–Trinajstić information content (AvgIpc) is 2.48. The lowest BCUT2D eigenvalue weighted by atomic mass is 10.1. The second kappa shape index (κ2) is 7.14. The first-order valence-electron chi connectivity index (χ1n) is 6.84. The van der Waals surface area contributed by atoms with Gasteiger partial charge in [0.05, 0.1) is 5.69 Å². The van der Waals surface area contributed by atoms with Crippen LogP contribution < -0.4 is 10.2 Å². The van der Waals surface area contributed by atoms with Gasteiger partial charge in [0.15, 0.2) is 11.4 Å². The molecule has 5 nitrogen and oxygen atoms in total. The van der Waals surface area contributed by atoms with E-state index in [-0.39, 0.29) is 5.91 Å². The maximum Gasteiger partial charge on any atom is 0.226 e. The molecule has 1 aromatic carbocycles. The smallest absolute Gasteiger partial charge is 0.226 e. The number of aliphatic imine (C=N–C) groups is 1. The van der Waals surface area contributed by atoms with E-state index in [0.717, 1.165) is 36.3 Å². The van der Waals surface area contributed by atoms with Gasteiger partial charge in [-0.05, 0) is 49.8 Å². The van der Waals surface area contributed by atoms with Gasteiger partial charge in [-0.3, -0.25) is 10.1 Å². The van der Waals surface area contributed by atoms with Crippen LogP contribution in [-0.2, 0) is 4.79 Å². The SMILES string of the molecule is CSC(=Nc1ccc(N2CCCCC2=O)c(C)c1)NC#N. The normalized spacial score (nSPS) is 15.8. The quantitative estimate of drug-likeness (QED) is 0.395. The largest absolute Gasteiger partial charge is 0.312 e. The molecule has 0 aromatic heterocycles. The van der Waals surface area contributed by atoms with Gasteiger partial charge < -0.3 is 4.90 Å². The molecular weight excluding hydrogens is 284 g/mol. The number of nitrogens with zero attached hydrogens (tertiary/aromatic N) is 3. The summed E-state index contributed by atoms with van der Waals surface area (Å²) in [5.41, 5.74) is 2.74. The fourth-order valence-corrected chi connectivity index (χ4v) is 2.71. The Kier molecular flexibility index (Phi) is 5.23. The lowest BCUT2D eigenvalue weighted by Crippen LogP contribution is -2.35. The molecule has 1 aromatic rings. The summed E-state index contributed by atoms with van der Waals surface area (Å²) in [7, 11) is 0. The number of anilines is 1. The van der Waals surface area contributed by atoms with Gasteiger partial charge in [0.25, 0.3) is 0 Å². The van der Waals surface area contributed by atoms with Gasteiger partial charge in [0.2, 0.25) is 5.91 Å². The van der Waals surface area contributed by atoms with Crippen LogP contribution in [0, 0.1) is 18.4 Å². The second-order valence-corrected chi connectivity index (χ2v) is 5.63. The minimum Gasteiger partial charge on any atom is -0.312 e. The van der Waals surface area contributed by atoms with E-state index in [1.165, 1.54) is 11.8 Å². The second-order valence-electron chi connectivity index (χ2n) is 4.83. The van der Waals surface area contributed by atoms with Crippen molar-refractivity contribution in [3.63, 3.8) is 0 Å². The number of nitrogens with one attached hydrogen (secondary N) is 1. The monoisotopic (exact) mass is 302 g/mol. The van der Waals surface area contributed by atoms with E-state index in [1.54, 1.807) is 0 Å². The Morgan fingerprint density at radius 3 is 2.90 bits per heavy atom. The molecule has 0 aliphatic carbocycles. The zero-order valence-corrected chi connectivity index (χ0v) is 13.0. The Balaban J connectivity index is 2.25. The van der Waals surface area contributed by atoms with E-state index < -0.39 is 0 Å². The van der Waals surface area contributed by atoms with Crippen LogP contribution in [-0.4, -0.2) is 23.9 Å². The van der Waals surface area contributed by atoms with E-state index in [1.807, 2.05) is 42.5 Å². The number of hydrogen-bond acceptors (Lipinski definition) is 4. The number of rotatable bonds is 2. The number of thioether (sulfide) groups is 1. The van der Waals surface area contributed by atoms with Crippen molar-refractivity contribution in [2.75, 3.05) is 17.7 Å². The van der Waals surface area contributed by atoms with Crippen molar-refractivity contribution in [3.05, 3.63) is 23.8 Å². The first-order valence-corrected chi connectivity index (χ1v) is 8.07. The van der Waals surface area contributed by atoms with Crippen LogP contribution in [0.25, 0.3) is 0 Å². The summed E-state index contributed by atoms with van der Waals surface area (Å²) in [6, 6.07) is 5.74. The Hall–Kier alpha value is -2.00. The van der Waals surface area contributed by atoms with Gasteiger partial charge in [0, 0.05) is 18.7 Å². The molecule has 21 heavy (non-hydrogen) atoms. The fraction of sp³-hybridized carbons (Fsp3) is 0.400. The summed E-state index contributed by atoms with van der Waals surface area (Å²) in [5.74, 6) is 0.191. The Morgan fingerprint density at radius 2 is 2.29 bits per heavy atom.